The average Bonchev–Trinajstić information content (AvgIpc) is 2.39. The maximum atomic E-state index is 11.8. The molecule has 1 aromatic rings. The molecule has 0 amide bonds. The molecule has 0 aromatic carbocycles. The van der Waals surface area contributed by atoms with Crippen LogP contribution in [0, 0.1) is 5.92 Å². The SMILES string of the molecule is CCOC(=O)c1cccnc1NC(COC)C(C)C. The Morgan fingerprint density at radius 1 is 1.47 bits per heavy atom. The fourth-order valence-electron chi connectivity index (χ4n) is 1.65. The highest BCUT2D eigenvalue weighted by Crippen LogP contribution is 2.16. The van der Waals surface area contributed by atoms with Gasteiger partial charge in [-0.15, -0.1) is 0 Å². The van der Waals surface area contributed by atoms with E-state index >= 15 is 0 Å². The van der Waals surface area contributed by atoms with Gasteiger partial charge in [0.25, 0.3) is 0 Å². The fourth-order valence-corrected chi connectivity index (χ4v) is 1.65. The first-order valence-corrected chi connectivity index (χ1v) is 6.47. The molecule has 19 heavy (non-hydrogen) atoms. The van der Waals surface area contributed by atoms with E-state index in [0.29, 0.717) is 30.5 Å². The summed E-state index contributed by atoms with van der Waals surface area (Å²) in [6, 6.07) is 3.52. The summed E-state index contributed by atoms with van der Waals surface area (Å²) in [7, 11) is 1.65. The van der Waals surface area contributed by atoms with E-state index < -0.39 is 0 Å². The van der Waals surface area contributed by atoms with Gasteiger partial charge in [-0.3, -0.25) is 0 Å². The second kappa shape index (κ2) is 7.74. The molecule has 0 spiro atoms. The normalized spacial score (nSPS) is 12.3. The molecule has 1 heterocycles. The fraction of sp³-hybridized carbons (Fsp3) is 0.571. The molecule has 1 aromatic heterocycles. The van der Waals surface area contributed by atoms with Gasteiger partial charge in [0.1, 0.15) is 11.4 Å². The quantitative estimate of drug-likeness (QED) is 0.768. The van der Waals surface area contributed by atoms with Crippen molar-refractivity contribution >= 4 is 11.8 Å². The zero-order chi connectivity index (χ0) is 14.3. The third kappa shape index (κ3) is 4.52. The summed E-state index contributed by atoms with van der Waals surface area (Å²) in [5, 5.41) is 3.25. The van der Waals surface area contributed by atoms with Crippen LogP contribution in [0.25, 0.3) is 0 Å². The topological polar surface area (TPSA) is 60.5 Å². The Bertz CT molecular complexity index is 407. The van der Waals surface area contributed by atoms with E-state index in [1.165, 1.54) is 0 Å². The maximum absolute atomic E-state index is 11.8. The van der Waals surface area contributed by atoms with Gasteiger partial charge in [0.2, 0.25) is 0 Å². The van der Waals surface area contributed by atoms with Gasteiger partial charge in [-0.25, -0.2) is 9.78 Å². The highest BCUT2D eigenvalue weighted by Gasteiger charge is 2.18. The molecule has 1 atom stereocenters. The van der Waals surface area contributed by atoms with Crippen molar-refractivity contribution in [2.45, 2.75) is 26.8 Å². The van der Waals surface area contributed by atoms with Crippen LogP contribution in [0.1, 0.15) is 31.1 Å². The number of nitrogens with one attached hydrogen (secondary N) is 1. The zero-order valence-corrected chi connectivity index (χ0v) is 12.0. The Kier molecular flexibility index (Phi) is 6.29. The number of rotatable bonds is 7. The van der Waals surface area contributed by atoms with Gasteiger partial charge in [-0.05, 0) is 25.0 Å². The number of nitrogens with zero attached hydrogens (tertiary/aromatic N) is 1. The van der Waals surface area contributed by atoms with Gasteiger partial charge in [-0.2, -0.15) is 0 Å². The summed E-state index contributed by atoms with van der Waals surface area (Å²) in [5.74, 6) is 0.534. The number of esters is 1. The number of pyridine rings is 1. The second-order valence-electron chi connectivity index (χ2n) is 4.57. The predicted molar refractivity (Wildman–Crippen MR) is 74.3 cm³/mol. The largest absolute Gasteiger partial charge is 0.462 e. The summed E-state index contributed by atoms with van der Waals surface area (Å²) in [6.45, 7) is 6.85. The summed E-state index contributed by atoms with van der Waals surface area (Å²) >= 11 is 0. The zero-order valence-electron chi connectivity index (χ0n) is 12.0. The number of carbonyl (C=O) groups excluding carboxylic acids is 1. The molecule has 0 aliphatic rings. The van der Waals surface area contributed by atoms with Crippen LogP contribution >= 0.6 is 0 Å². The van der Waals surface area contributed by atoms with Crippen LogP contribution in [0.5, 0.6) is 0 Å². The maximum Gasteiger partial charge on any atom is 0.341 e. The molecule has 0 aliphatic heterocycles. The molecule has 0 fully saturated rings. The lowest BCUT2D eigenvalue weighted by Gasteiger charge is -2.23. The van der Waals surface area contributed by atoms with Gasteiger partial charge in [0, 0.05) is 13.3 Å². The standard InChI is InChI=1S/C14H22N2O3/c1-5-19-14(17)11-7-6-8-15-13(11)16-12(9-18-4)10(2)3/h6-8,10,12H,5,9H2,1-4H3,(H,15,16). The number of aromatic nitrogens is 1. The Hall–Kier alpha value is -1.62. The first-order valence-electron chi connectivity index (χ1n) is 6.47. The molecule has 0 bridgehead atoms. The average molecular weight is 266 g/mol. The molecule has 1 unspecified atom stereocenters. The lowest BCUT2D eigenvalue weighted by Crippen LogP contribution is -2.31. The van der Waals surface area contributed by atoms with Crippen molar-refractivity contribution in [3.8, 4) is 0 Å². The smallest absolute Gasteiger partial charge is 0.341 e. The molecule has 5 nitrogen and oxygen atoms in total. The van der Waals surface area contributed by atoms with Crippen molar-refractivity contribution in [1.82, 2.24) is 4.98 Å². The van der Waals surface area contributed by atoms with Crippen molar-refractivity contribution in [2.75, 3.05) is 25.6 Å². The number of anilines is 1. The minimum absolute atomic E-state index is 0.0908. The van der Waals surface area contributed by atoms with Crippen LogP contribution in [-0.4, -0.2) is 37.3 Å². The van der Waals surface area contributed by atoms with Crippen LogP contribution in [0.2, 0.25) is 0 Å². The van der Waals surface area contributed by atoms with Crippen LogP contribution in [0.3, 0.4) is 0 Å². The molecular formula is C14H22N2O3. The number of hydrogen-bond donors (Lipinski definition) is 1. The minimum Gasteiger partial charge on any atom is -0.462 e. The lowest BCUT2D eigenvalue weighted by molar-refractivity contribution is 0.0527. The molecule has 1 N–H and O–H groups in total. The van der Waals surface area contributed by atoms with Gasteiger partial charge in [0.15, 0.2) is 0 Å². The van der Waals surface area contributed by atoms with E-state index in [1.54, 1.807) is 32.4 Å². The number of carbonyl (C=O) groups is 1. The first kappa shape index (κ1) is 15.4. The van der Waals surface area contributed by atoms with Crippen molar-refractivity contribution in [3.63, 3.8) is 0 Å². The van der Waals surface area contributed by atoms with E-state index in [-0.39, 0.29) is 12.0 Å². The molecular weight excluding hydrogens is 244 g/mol. The van der Waals surface area contributed by atoms with Gasteiger partial charge in [-0.1, -0.05) is 13.8 Å². The molecule has 0 saturated heterocycles. The monoisotopic (exact) mass is 266 g/mol. The summed E-state index contributed by atoms with van der Waals surface area (Å²) in [5.41, 5.74) is 0.450. The molecule has 0 saturated carbocycles. The van der Waals surface area contributed by atoms with Crippen molar-refractivity contribution in [3.05, 3.63) is 23.9 Å². The van der Waals surface area contributed by atoms with Crippen LogP contribution in [0.15, 0.2) is 18.3 Å². The van der Waals surface area contributed by atoms with E-state index in [1.807, 2.05) is 0 Å². The number of ether oxygens (including phenoxy) is 2. The van der Waals surface area contributed by atoms with E-state index in [0.717, 1.165) is 0 Å². The van der Waals surface area contributed by atoms with Gasteiger partial charge in [0.05, 0.1) is 19.3 Å². The molecule has 1 rings (SSSR count). The van der Waals surface area contributed by atoms with Crippen LogP contribution in [0.4, 0.5) is 5.82 Å². The Balaban J connectivity index is 2.90. The van der Waals surface area contributed by atoms with Crippen LogP contribution in [-0.2, 0) is 9.47 Å². The summed E-state index contributed by atoms with van der Waals surface area (Å²) in [4.78, 5) is 16.1. The predicted octanol–water partition coefficient (Wildman–Crippen LogP) is 2.34. The molecule has 0 aliphatic carbocycles. The summed E-state index contributed by atoms with van der Waals surface area (Å²) < 4.78 is 10.2. The van der Waals surface area contributed by atoms with Gasteiger partial charge >= 0.3 is 5.97 Å². The second-order valence-corrected chi connectivity index (χ2v) is 4.57. The Labute approximate surface area is 114 Å². The molecule has 106 valence electrons. The van der Waals surface area contributed by atoms with Crippen LogP contribution < -0.4 is 5.32 Å². The highest BCUT2D eigenvalue weighted by atomic mass is 16.5. The Morgan fingerprint density at radius 3 is 2.79 bits per heavy atom. The van der Waals surface area contributed by atoms with Gasteiger partial charge < -0.3 is 14.8 Å². The summed E-state index contributed by atoms with van der Waals surface area (Å²) in [6.07, 6.45) is 1.65. The lowest BCUT2D eigenvalue weighted by atomic mass is 10.1. The van der Waals surface area contributed by atoms with E-state index in [4.69, 9.17) is 9.47 Å². The minimum atomic E-state index is -0.363. The third-order valence-electron chi connectivity index (χ3n) is 2.78. The number of hydrogen-bond acceptors (Lipinski definition) is 5. The highest BCUT2D eigenvalue weighted by molar-refractivity contribution is 5.94. The third-order valence-corrected chi connectivity index (χ3v) is 2.78. The van der Waals surface area contributed by atoms with E-state index in [9.17, 15) is 4.79 Å². The Morgan fingerprint density at radius 2 is 2.21 bits per heavy atom. The van der Waals surface area contributed by atoms with Crippen molar-refractivity contribution in [1.29, 1.82) is 0 Å². The molecule has 5 heteroatoms. The number of methoxy groups -OCH3 is 1. The first-order chi connectivity index (χ1) is 9.10. The molecule has 0 radical (unpaired) electrons. The van der Waals surface area contributed by atoms with Crippen molar-refractivity contribution in [2.24, 2.45) is 5.92 Å². The van der Waals surface area contributed by atoms with Crippen molar-refractivity contribution < 1.29 is 14.3 Å². The van der Waals surface area contributed by atoms with E-state index in [2.05, 4.69) is 24.1 Å².